The van der Waals surface area contributed by atoms with E-state index < -0.39 is 32.6 Å². The fourth-order valence-corrected chi connectivity index (χ4v) is 5.96. The van der Waals surface area contributed by atoms with Crippen molar-refractivity contribution < 1.29 is 26.0 Å². The van der Waals surface area contributed by atoms with Crippen molar-refractivity contribution in [2.75, 3.05) is 4.31 Å². The van der Waals surface area contributed by atoms with E-state index in [9.17, 15) is 26.0 Å². The molecule has 0 saturated carbocycles. The predicted octanol–water partition coefficient (Wildman–Crippen LogP) is 5.03. The summed E-state index contributed by atoms with van der Waals surface area (Å²) in [5, 5.41) is 2.04. The Kier molecular flexibility index (Phi) is 7.68. The first-order valence-electron chi connectivity index (χ1n) is 11.3. The molecule has 3 aromatic carbocycles. The van der Waals surface area contributed by atoms with Crippen LogP contribution in [0.5, 0.6) is 0 Å². The highest BCUT2D eigenvalue weighted by Crippen LogP contribution is 2.32. The molecule has 0 aliphatic rings. The monoisotopic (exact) mass is 573 g/mol. The molecule has 12 heteroatoms. The Morgan fingerprint density at radius 2 is 1.55 bits per heavy atom. The van der Waals surface area contributed by atoms with E-state index in [1.807, 2.05) is 25.5 Å². The highest BCUT2D eigenvalue weighted by Gasteiger charge is 2.22. The second kappa shape index (κ2) is 10.6. The molecule has 38 heavy (non-hydrogen) atoms. The highest BCUT2D eigenvalue weighted by molar-refractivity contribution is 7.90. The third-order valence-corrected chi connectivity index (χ3v) is 8.58. The van der Waals surface area contributed by atoms with Gasteiger partial charge in [0.15, 0.2) is 5.82 Å². The van der Waals surface area contributed by atoms with Crippen LogP contribution in [0.15, 0.2) is 83.1 Å². The molecule has 1 heterocycles. The molecule has 4 aromatic rings. The number of nitrogens with zero attached hydrogens (tertiary/aromatic N) is 2. The zero-order valence-corrected chi connectivity index (χ0v) is 23.1. The number of hydrogen-bond acceptors (Lipinski definition) is 7. The fraction of sp³-hybridized carbons (Fsp3) is 0.154. The number of nitrogens with one attached hydrogen (secondary N) is 1. The minimum absolute atomic E-state index is 0.0231. The van der Waals surface area contributed by atoms with Crippen molar-refractivity contribution in [3.05, 3.63) is 95.1 Å². The molecular weight excluding hydrogens is 550 g/mol. The van der Waals surface area contributed by atoms with E-state index in [0.717, 1.165) is 9.87 Å². The lowest BCUT2D eigenvalue weighted by molar-refractivity contribution is 0.0981. The molecule has 4 rings (SSSR count). The summed E-state index contributed by atoms with van der Waals surface area (Å²) in [6, 6.07) is 17.3. The lowest BCUT2D eigenvalue weighted by Gasteiger charge is -2.19. The minimum Gasteiger partial charge on any atom is -0.268 e. The van der Waals surface area contributed by atoms with Crippen molar-refractivity contribution in [2.45, 2.75) is 31.1 Å². The maximum absolute atomic E-state index is 13.2. The summed E-state index contributed by atoms with van der Waals surface area (Å²) in [5.41, 5.74) is 1.65. The van der Waals surface area contributed by atoms with Crippen LogP contribution in [-0.4, -0.2) is 27.7 Å². The number of amides is 1. The summed E-state index contributed by atoms with van der Waals surface area (Å²) in [6.45, 7) is 6.02. The molecule has 0 aliphatic heterocycles. The highest BCUT2D eigenvalue weighted by atomic mass is 32.2. The number of anilines is 2. The number of aromatic nitrogens is 1. The standard InChI is InChI=1S/C26H24FN3O5S3/c1-26(2,3)19-8-14-22(15-9-19)38(34,35)29-24(31)17-6-12-21(13-7-17)30(37(32)33)23-16-36-25(28-23)18-4-10-20(27)11-5-18/h4-16,37H,1-3H3,(H,29,31). The quantitative estimate of drug-likeness (QED) is 0.300. The average molecular weight is 574 g/mol. The van der Waals surface area contributed by atoms with Crippen molar-refractivity contribution in [3.8, 4) is 10.6 Å². The Bertz CT molecular complexity index is 1630. The Morgan fingerprint density at radius 1 is 0.947 bits per heavy atom. The van der Waals surface area contributed by atoms with Gasteiger partial charge in [-0.05, 0) is 71.6 Å². The summed E-state index contributed by atoms with van der Waals surface area (Å²) >= 11 is 1.19. The molecule has 0 radical (unpaired) electrons. The number of sulfonamides is 1. The van der Waals surface area contributed by atoms with Gasteiger partial charge in [0.25, 0.3) is 15.9 Å². The first-order chi connectivity index (χ1) is 17.8. The molecule has 0 aliphatic carbocycles. The Morgan fingerprint density at radius 3 is 2.11 bits per heavy atom. The molecule has 1 N–H and O–H groups in total. The van der Waals surface area contributed by atoms with Gasteiger partial charge in [0.1, 0.15) is 10.8 Å². The normalized spacial score (nSPS) is 11.9. The van der Waals surface area contributed by atoms with Gasteiger partial charge >= 0.3 is 0 Å². The van der Waals surface area contributed by atoms with Gasteiger partial charge in [0.05, 0.1) is 10.6 Å². The lowest BCUT2D eigenvalue weighted by atomic mass is 9.87. The van der Waals surface area contributed by atoms with Gasteiger partial charge in [-0.2, -0.15) is 0 Å². The number of benzene rings is 3. The van der Waals surface area contributed by atoms with Crippen LogP contribution in [0.25, 0.3) is 10.6 Å². The maximum Gasteiger partial charge on any atom is 0.264 e. The van der Waals surface area contributed by atoms with Crippen molar-refractivity contribution in [1.82, 2.24) is 9.71 Å². The first kappa shape index (κ1) is 27.4. The molecule has 0 fully saturated rings. The van der Waals surface area contributed by atoms with Gasteiger partial charge in [0.2, 0.25) is 10.9 Å². The second-order valence-corrected chi connectivity index (χ2v) is 12.7. The molecular formula is C26H24FN3O5S3. The van der Waals surface area contributed by atoms with E-state index in [1.165, 1.54) is 59.9 Å². The number of carbonyl (C=O) groups excluding carboxylic acids is 1. The van der Waals surface area contributed by atoms with Crippen LogP contribution in [0.2, 0.25) is 0 Å². The molecule has 0 unspecified atom stereocenters. The number of rotatable bonds is 7. The summed E-state index contributed by atoms with van der Waals surface area (Å²) in [4.78, 5) is 17.0. The van der Waals surface area contributed by atoms with E-state index in [-0.39, 0.29) is 27.4 Å². The molecule has 1 amide bonds. The molecule has 8 nitrogen and oxygen atoms in total. The largest absolute Gasteiger partial charge is 0.268 e. The van der Waals surface area contributed by atoms with Crippen molar-refractivity contribution in [2.24, 2.45) is 0 Å². The number of thiol groups is 1. The van der Waals surface area contributed by atoms with Crippen LogP contribution >= 0.6 is 11.3 Å². The first-order valence-corrected chi connectivity index (χ1v) is 14.8. The SMILES string of the molecule is CC(C)(C)c1ccc(S(=O)(=O)NC(=O)c2ccc(N(c3csc(-c4ccc(F)cc4)n3)[SH](=O)=O)cc2)cc1. The van der Waals surface area contributed by atoms with Crippen LogP contribution in [-0.2, 0) is 26.3 Å². The van der Waals surface area contributed by atoms with Gasteiger partial charge in [-0.25, -0.2) is 35.2 Å². The van der Waals surface area contributed by atoms with Crippen molar-refractivity contribution in [1.29, 1.82) is 0 Å². The van der Waals surface area contributed by atoms with Gasteiger partial charge in [-0.15, -0.1) is 11.3 Å². The summed E-state index contributed by atoms with van der Waals surface area (Å²) in [6.07, 6.45) is 0. The topological polar surface area (TPSA) is 114 Å². The smallest absolute Gasteiger partial charge is 0.264 e. The number of thiazole rings is 1. The van der Waals surface area contributed by atoms with Crippen LogP contribution in [0.3, 0.4) is 0 Å². The van der Waals surface area contributed by atoms with E-state index in [1.54, 1.807) is 29.6 Å². The van der Waals surface area contributed by atoms with Crippen LogP contribution < -0.4 is 9.03 Å². The Hall–Kier alpha value is -3.61. The molecule has 198 valence electrons. The van der Waals surface area contributed by atoms with Crippen LogP contribution in [0.1, 0.15) is 36.7 Å². The second-order valence-electron chi connectivity index (χ2n) is 9.32. The number of halogens is 1. The Balaban J connectivity index is 1.52. The van der Waals surface area contributed by atoms with Gasteiger partial charge in [-0.1, -0.05) is 32.9 Å². The lowest BCUT2D eigenvalue weighted by Crippen LogP contribution is -2.30. The van der Waals surface area contributed by atoms with Crippen molar-refractivity contribution >= 4 is 49.7 Å². The molecule has 0 atom stereocenters. The molecule has 0 bridgehead atoms. The maximum atomic E-state index is 13.2. The molecule has 0 spiro atoms. The van der Waals surface area contributed by atoms with Gasteiger partial charge < -0.3 is 0 Å². The van der Waals surface area contributed by atoms with Gasteiger partial charge in [-0.3, -0.25) is 4.79 Å². The number of carbonyl (C=O) groups is 1. The summed E-state index contributed by atoms with van der Waals surface area (Å²) in [7, 11) is -7.26. The number of hydrogen-bond donors (Lipinski definition) is 2. The predicted molar refractivity (Wildman–Crippen MR) is 146 cm³/mol. The van der Waals surface area contributed by atoms with E-state index in [4.69, 9.17) is 0 Å². The van der Waals surface area contributed by atoms with E-state index in [0.29, 0.717) is 10.6 Å². The molecule has 0 saturated heterocycles. The van der Waals surface area contributed by atoms with E-state index in [2.05, 4.69) is 4.98 Å². The summed E-state index contributed by atoms with van der Waals surface area (Å²) < 4.78 is 65.8. The van der Waals surface area contributed by atoms with Gasteiger partial charge in [0, 0.05) is 16.5 Å². The average Bonchev–Trinajstić information content (AvgIpc) is 3.33. The third kappa shape index (κ3) is 6.09. The zero-order chi connectivity index (χ0) is 27.7. The fourth-order valence-electron chi connectivity index (χ4n) is 3.53. The van der Waals surface area contributed by atoms with Crippen molar-refractivity contribution in [3.63, 3.8) is 0 Å². The summed E-state index contributed by atoms with van der Waals surface area (Å²) in [5.74, 6) is -1.13. The van der Waals surface area contributed by atoms with Crippen LogP contribution in [0, 0.1) is 5.82 Å². The van der Waals surface area contributed by atoms with E-state index >= 15 is 0 Å². The zero-order valence-electron chi connectivity index (χ0n) is 20.6. The third-order valence-electron chi connectivity index (χ3n) is 5.60. The van der Waals surface area contributed by atoms with Crippen LogP contribution in [0.4, 0.5) is 15.9 Å². The molecule has 1 aromatic heterocycles. The minimum atomic E-state index is -4.12. The Labute approximate surface area is 225 Å².